The summed E-state index contributed by atoms with van der Waals surface area (Å²) in [7, 11) is 1.19. The SMILES string of the molecule is C1CNC[Si]C1. The van der Waals surface area contributed by atoms with E-state index in [1.165, 1.54) is 34.7 Å². The minimum atomic E-state index is 1.19. The van der Waals surface area contributed by atoms with Gasteiger partial charge in [0.15, 0.2) is 0 Å². The Labute approximate surface area is 41.0 Å². The molecule has 0 bridgehead atoms. The molecule has 2 radical (unpaired) electrons. The van der Waals surface area contributed by atoms with Gasteiger partial charge in [-0.1, -0.05) is 6.04 Å². The second-order valence-corrected chi connectivity index (χ2v) is 2.88. The summed E-state index contributed by atoms with van der Waals surface area (Å²) in [4.78, 5) is 0. The predicted octanol–water partition coefficient (Wildman–Crippen LogP) is 0.0597. The Morgan fingerprint density at radius 1 is 1.50 bits per heavy atom. The lowest BCUT2D eigenvalue weighted by atomic mass is 10.5. The van der Waals surface area contributed by atoms with Crippen molar-refractivity contribution >= 4 is 9.52 Å². The van der Waals surface area contributed by atoms with Crippen molar-refractivity contribution < 1.29 is 0 Å². The summed E-state index contributed by atoms with van der Waals surface area (Å²) in [5.74, 6) is 0. The summed E-state index contributed by atoms with van der Waals surface area (Å²) < 4.78 is 0. The summed E-state index contributed by atoms with van der Waals surface area (Å²) in [5.41, 5.74) is 0. The number of nitrogens with one attached hydrogen (secondary N) is 1. The van der Waals surface area contributed by atoms with Gasteiger partial charge in [-0.3, -0.25) is 0 Å². The van der Waals surface area contributed by atoms with Crippen molar-refractivity contribution in [2.45, 2.75) is 12.5 Å². The zero-order chi connectivity index (χ0) is 4.24. The minimum Gasteiger partial charge on any atom is -0.320 e. The molecular formula is C4H9NSi. The van der Waals surface area contributed by atoms with Gasteiger partial charge in [0, 0.05) is 0 Å². The fourth-order valence-electron chi connectivity index (χ4n) is 0.604. The minimum absolute atomic E-state index is 1.19. The first-order valence-corrected chi connectivity index (χ1v) is 3.83. The molecule has 0 unspecified atom stereocenters. The molecular weight excluding hydrogens is 90.1 g/mol. The highest BCUT2D eigenvalue weighted by Crippen LogP contribution is 1.89. The fraction of sp³-hybridized carbons (Fsp3) is 1.00. The summed E-state index contributed by atoms with van der Waals surface area (Å²) in [6.07, 6.45) is 2.68. The highest BCUT2D eigenvalue weighted by Gasteiger charge is 1.95. The van der Waals surface area contributed by atoms with Gasteiger partial charge in [-0.2, -0.15) is 0 Å². The molecule has 0 saturated carbocycles. The van der Waals surface area contributed by atoms with Gasteiger partial charge < -0.3 is 5.32 Å². The summed E-state index contributed by atoms with van der Waals surface area (Å²) in [5, 5.41) is 3.30. The van der Waals surface area contributed by atoms with E-state index in [0.29, 0.717) is 0 Å². The van der Waals surface area contributed by atoms with E-state index >= 15 is 0 Å². The highest BCUT2D eigenvalue weighted by atomic mass is 28.2. The van der Waals surface area contributed by atoms with E-state index in [1.807, 2.05) is 0 Å². The summed E-state index contributed by atoms with van der Waals surface area (Å²) in [6, 6.07) is 1.47. The monoisotopic (exact) mass is 99.1 g/mol. The molecule has 0 aromatic heterocycles. The van der Waals surface area contributed by atoms with Gasteiger partial charge in [0.05, 0.1) is 9.52 Å². The lowest BCUT2D eigenvalue weighted by Gasteiger charge is -2.07. The number of hydrogen-bond donors (Lipinski definition) is 1. The Balaban J connectivity index is 2.00. The van der Waals surface area contributed by atoms with E-state index in [-0.39, 0.29) is 0 Å². The van der Waals surface area contributed by atoms with Crippen molar-refractivity contribution in [1.29, 1.82) is 0 Å². The number of rotatable bonds is 0. The molecule has 1 aliphatic rings. The topological polar surface area (TPSA) is 12.0 Å². The highest BCUT2D eigenvalue weighted by molar-refractivity contribution is 6.35. The van der Waals surface area contributed by atoms with Gasteiger partial charge in [-0.05, 0) is 19.1 Å². The maximum absolute atomic E-state index is 3.30. The largest absolute Gasteiger partial charge is 0.320 e. The van der Waals surface area contributed by atoms with E-state index in [0.717, 1.165) is 0 Å². The van der Waals surface area contributed by atoms with Crippen molar-refractivity contribution in [2.24, 2.45) is 0 Å². The lowest BCUT2D eigenvalue weighted by molar-refractivity contribution is 0.715. The van der Waals surface area contributed by atoms with Crippen molar-refractivity contribution in [3.8, 4) is 0 Å². The van der Waals surface area contributed by atoms with Crippen molar-refractivity contribution in [2.75, 3.05) is 12.7 Å². The maximum Gasteiger partial charge on any atom is 0.0564 e. The zero-order valence-corrected chi connectivity index (χ0v) is 4.83. The van der Waals surface area contributed by atoms with Crippen molar-refractivity contribution in [3.05, 3.63) is 0 Å². The third kappa shape index (κ3) is 1.10. The van der Waals surface area contributed by atoms with Crippen LogP contribution in [-0.4, -0.2) is 22.2 Å². The van der Waals surface area contributed by atoms with Gasteiger partial charge in [0.1, 0.15) is 0 Å². The number of hydrogen-bond acceptors (Lipinski definition) is 1. The Morgan fingerprint density at radius 2 is 2.50 bits per heavy atom. The second kappa shape index (κ2) is 2.37. The van der Waals surface area contributed by atoms with Crippen LogP contribution in [0.25, 0.3) is 0 Å². The molecule has 1 saturated heterocycles. The summed E-state index contributed by atoms with van der Waals surface area (Å²) in [6.45, 7) is 1.26. The molecule has 0 atom stereocenters. The van der Waals surface area contributed by atoms with Crippen LogP contribution in [0.5, 0.6) is 0 Å². The fourth-order valence-corrected chi connectivity index (χ4v) is 1.56. The third-order valence-electron chi connectivity index (χ3n) is 0.957. The molecule has 6 heavy (non-hydrogen) atoms. The molecule has 0 spiro atoms. The van der Waals surface area contributed by atoms with E-state index < -0.39 is 0 Å². The van der Waals surface area contributed by atoms with E-state index in [9.17, 15) is 0 Å². The Bertz CT molecular complexity index is 23.0. The van der Waals surface area contributed by atoms with Crippen LogP contribution >= 0.6 is 0 Å². The molecule has 1 aliphatic heterocycles. The second-order valence-electron chi connectivity index (χ2n) is 1.53. The van der Waals surface area contributed by atoms with E-state index in [2.05, 4.69) is 5.32 Å². The average Bonchev–Trinajstić information content (AvgIpc) is 1.72. The van der Waals surface area contributed by atoms with Crippen LogP contribution in [0, 0.1) is 0 Å². The van der Waals surface area contributed by atoms with Crippen LogP contribution in [0.4, 0.5) is 0 Å². The van der Waals surface area contributed by atoms with Gasteiger partial charge in [0.25, 0.3) is 0 Å². The van der Waals surface area contributed by atoms with Crippen LogP contribution in [0.1, 0.15) is 6.42 Å². The van der Waals surface area contributed by atoms with Crippen LogP contribution in [0.3, 0.4) is 0 Å². The summed E-state index contributed by atoms with van der Waals surface area (Å²) >= 11 is 0. The van der Waals surface area contributed by atoms with Crippen molar-refractivity contribution in [1.82, 2.24) is 5.32 Å². The van der Waals surface area contributed by atoms with Crippen molar-refractivity contribution in [3.63, 3.8) is 0 Å². The first kappa shape index (κ1) is 4.34. The molecule has 0 amide bonds. The molecule has 1 heterocycles. The molecule has 0 aromatic rings. The molecule has 0 aliphatic carbocycles. The first-order valence-electron chi connectivity index (χ1n) is 2.41. The molecule has 1 rings (SSSR count). The van der Waals surface area contributed by atoms with Gasteiger partial charge in [-0.15, -0.1) is 0 Å². The molecule has 34 valence electrons. The quantitative estimate of drug-likeness (QED) is 0.423. The average molecular weight is 99.2 g/mol. The molecule has 2 heteroatoms. The van der Waals surface area contributed by atoms with Gasteiger partial charge >= 0.3 is 0 Å². The molecule has 1 N–H and O–H groups in total. The normalized spacial score (nSPS) is 24.0. The predicted molar refractivity (Wildman–Crippen MR) is 28.0 cm³/mol. The van der Waals surface area contributed by atoms with Crippen LogP contribution < -0.4 is 5.32 Å². The lowest BCUT2D eigenvalue weighted by Crippen LogP contribution is -2.26. The third-order valence-corrected chi connectivity index (χ3v) is 2.16. The first-order chi connectivity index (χ1) is 3.00. The van der Waals surface area contributed by atoms with Crippen LogP contribution in [0.2, 0.25) is 6.04 Å². The Morgan fingerprint density at radius 3 is 2.67 bits per heavy atom. The standard InChI is InChI=1S/C4H9NSi/c1-2-5-4-6-3-1/h5H,1-4H2. The van der Waals surface area contributed by atoms with E-state index in [1.54, 1.807) is 0 Å². The molecule has 0 aromatic carbocycles. The van der Waals surface area contributed by atoms with Crippen LogP contribution in [0.15, 0.2) is 0 Å². The van der Waals surface area contributed by atoms with Crippen LogP contribution in [-0.2, 0) is 0 Å². The Kier molecular flexibility index (Phi) is 1.71. The smallest absolute Gasteiger partial charge is 0.0564 e. The maximum atomic E-state index is 3.30. The van der Waals surface area contributed by atoms with Gasteiger partial charge in [0.2, 0.25) is 0 Å². The Hall–Kier alpha value is 0.177. The van der Waals surface area contributed by atoms with E-state index in [4.69, 9.17) is 0 Å². The van der Waals surface area contributed by atoms with Gasteiger partial charge in [-0.25, -0.2) is 0 Å². The molecule has 1 nitrogen and oxygen atoms in total. The zero-order valence-electron chi connectivity index (χ0n) is 3.83. The molecule has 1 fully saturated rings.